The van der Waals surface area contributed by atoms with Crippen LogP contribution in [0.4, 0.5) is 5.82 Å². The Labute approximate surface area is 113 Å². The molecule has 0 radical (unpaired) electrons. The van der Waals surface area contributed by atoms with E-state index < -0.39 is 0 Å². The third kappa shape index (κ3) is 3.36. The highest BCUT2D eigenvalue weighted by atomic mass is 32.2. The molecule has 0 spiro atoms. The van der Waals surface area contributed by atoms with E-state index in [2.05, 4.69) is 16.9 Å². The van der Waals surface area contributed by atoms with Crippen LogP contribution in [0.3, 0.4) is 0 Å². The van der Waals surface area contributed by atoms with Gasteiger partial charge in [-0.3, -0.25) is 0 Å². The summed E-state index contributed by atoms with van der Waals surface area (Å²) in [5, 5.41) is 1.02. The summed E-state index contributed by atoms with van der Waals surface area (Å²) >= 11 is 1.74. The summed E-state index contributed by atoms with van der Waals surface area (Å²) in [6.07, 6.45) is 4.64. The van der Waals surface area contributed by atoms with E-state index in [1.54, 1.807) is 11.8 Å². The van der Waals surface area contributed by atoms with Crippen LogP contribution < -0.4 is 5.73 Å². The Kier molecular flexibility index (Phi) is 4.83. The number of anilines is 1. The first-order chi connectivity index (χ1) is 8.70. The van der Waals surface area contributed by atoms with Crippen LogP contribution in [-0.2, 0) is 11.2 Å². The lowest BCUT2D eigenvalue weighted by Gasteiger charge is -2.12. The van der Waals surface area contributed by atoms with Crippen molar-refractivity contribution in [3.8, 4) is 0 Å². The molecule has 1 aromatic rings. The Bertz CT molecular complexity index is 405. The molecule has 1 fully saturated rings. The van der Waals surface area contributed by atoms with Crippen LogP contribution >= 0.6 is 11.8 Å². The van der Waals surface area contributed by atoms with Crippen LogP contribution in [0.25, 0.3) is 0 Å². The van der Waals surface area contributed by atoms with Crippen molar-refractivity contribution in [1.82, 2.24) is 9.97 Å². The van der Waals surface area contributed by atoms with Crippen molar-refractivity contribution in [2.75, 3.05) is 18.1 Å². The molecule has 2 N–H and O–H groups in total. The molecule has 1 unspecified atom stereocenters. The quantitative estimate of drug-likeness (QED) is 0.656. The fourth-order valence-electron chi connectivity index (χ4n) is 1.98. The second kappa shape index (κ2) is 6.38. The average molecular weight is 267 g/mol. The number of ether oxygens (including phenoxy) is 1. The summed E-state index contributed by atoms with van der Waals surface area (Å²) in [5.74, 6) is 2.43. The maximum Gasteiger partial charge on any atom is 0.132 e. The molecule has 0 aromatic carbocycles. The number of hydrogen-bond acceptors (Lipinski definition) is 5. The average Bonchev–Trinajstić information content (AvgIpc) is 2.85. The predicted molar refractivity (Wildman–Crippen MR) is 74.9 cm³/mol. The molecular formula is C13H21N3OS. The molecular weight excluding hydrogens is 246 g/mol. The number of nitrogens with two attached hydrogens (primary N) is 1. The first-order valence-electron chi connectivity index (χ1n) is 6.58. The summed E-state index contributed by atoms with van der Waals surface area (Å²) in [7, 11) is 0. The summed E-state index contributed by atoms with van der Waals surface area (Å²) in [4.78, 5) is 8.93. The molecule has 4 nitrogen and oxygen atoms in total. The van der Waals surface area contributed by atoms with Crippen LogP contribution in [0.15, 0.2) is 5.03 Å². The first kappa shape index (κ1) is 13.6. The van der Waals surface area contributed by atoms with Crippen molar-refractivity contribution in [2.45, 2.75) is 50.7 Å². The molecule has 100 valence electrons. The second-order valence-electron chi connectivity index (χ2n) is 4.65. The van der Waals surface area contributed by atoms with Crippen LogP contribution in [0.2, 0.25) is 0 Å². The van der Waals surface area contributed by atoms with Gasteiger partial charge in [-0.1, -0.05) is 6.92 Å². The van der Waals surface area contributed by atoms with E-state index in [1.807, 2.05) is 6.92 Å². The number of nitrogen functional groups attached to an aromatic ring is 1. The van der Waals surface area contributed by atoms with Crippen molar-refractivity contribution in [2.24, 2.45) is 0 Å². The molecule has 0 saturated carbocycles. The molecule has 0 aliphatic carbocycles. The van der Waals surface area contributed by atoms with E-state index in [1.165, 1.54) is 6.42 Å². The number of thioether (sulfide) groups is 1. The number of aryl methyl sites for hydroxylation is 1. The lowest BCUT2D eigenvalue weighted by molar-refractivity contribution is 0.129. The van der Waals surface area contributed by atoms with Gasteiger partial charge in [0.1, 0.15) is 16.7 Å². The van der Waals surface area contributed by atoms with E-state index in [0.717, 1.165) is 48.0 Å². The fourth-order valence-corrected chi connectivity index (χ4v) is 3.08. The minimum absolute atomic E-state index is 0.375. The smallest absolute Gasteiger partial charge is 0.132 e. The van der Waals surface area contributed by atoms with Gasteiger partial charge in [-0.25, -0.2) is 9.97 Å². The predicted octanol–water partition coefficient (Wildman–Crippen LogP) is 2.59. The van der Waals surface area contributed by atoms with Gasteiger partial charge in [0.2, 0.25) is 0 Å². The summed E-state index contributed by atoms with van der Waals surface area (Å²) in [5.41, 5.74) is 6.94. The SMILES string of the molecule is CCCc1nc(N)c(C)c(SCC2CCCO2)n1. The van der Waals surface area contributed by atoms with Crippen LogP contribution in [-0.4, -0.2) is 28.4 Å². The van der Waals surface area contributed by atoms with Crippen molar-refractivity contribution < 1.29 is 4.74 Å². The van der Waals surface area contributed by atoms with Gasteiger partial charge in [-0.05, 0) is 26.2 Å². The van der Waals surface area contributed by atoms with E-state index >= 15 is 0 Å². The van der Waals surface area contributed by atoms with E-state index in [9.17, 15) is 0 Å². The van der Waals surface area contributed by atoms with Crippen molar-refractivity contribution >= 4 is 17.6 Å². The number of hydrogen-bond donors (Lipinski definition) is 1. The van der Waals surface area contributed by atoms with Gasteiger partial charge >= 0.3 is 0 Å². The maximum atomic E-state index is 5.94. The highest BCUT2D eigenvalue weighted by Gasteiger charge is 2.17. The van der Waals surface area contributed by atoms with Gasteiger partial charge in [0.15, 0.2) is 0 Å². The lowest BCUT2D eigenvalue weighted by atomic mass is 10.3. The first-order valence-corrected chi connectivity index (χ1v) is 7.56. The zero-order valence-corrected chi connectivity index (χ0v) is 11.9. The largest absolute Gasteiger partial charge is 0.383 e. The second-order valence-corrected chi connectivity index (χ2v) is 5.66. The minimum atomic E-state index is 0.375. The lowest BCUT2D eigenvalue weighted by Crippen LogP contribution is -2.10. The monoisotopic (exact) mass is 267 g/mol. The minimum Gasteiger partial charge on any atom is -0.383 e. The van der Waals surface area contributed by atoms with Gasteiger partial charge in [-0.2, -0.15) is 0 Å². The van der Waals surface area contributed by atoms with E-state index in [-0.39, 0.29) is 0 Å². The third-order valence-corrected chi connectivity index (χ3v) is 4.30. The summed E-state index contributed by atoms with van der Waals surface area (Å²) in [6.45, 7) is 5.01. The van der Waals surface area contributed by atoms with Gasteiger partial charge in [0, 0.05) is 24.3 Å². The molecule has 0 bridgehead atoms. The van der Waals surface area contributed by atoms with Gasteiger partial charge in [-0.15, -0.1) is 11.8 Å². The highest BCUT2D eigenvalue weighted by Crippen LogP contribution is 2.27. The Morgan fingerprint density at radius 1 is 1.44 bits per heavy atom. The molecule has 1 aliphatic rings. The Balaban J connectivity index is 2.05. The zero-order chi connectivity index (χ0) is 13.0. The van der Waals surface area contributed by atoms with Crippen LogP contribution in [0.5, 0.6) is 0 Å². The van der Waals surface area contributed by atoms with Gasteiger partial charge in [0.25, 0.3) is 0 Å². The van der Waals surface area contributed by atoms with E-state index in [0.29, 0.717) is 11.9 Å². The van der Waals surface area contributed by atoms with Crippen LogP contribution in [0.1, 0.15) is 37.6 Å². The summed E-state index contributed by atoms with van der Waals surface area (Å²) < 4.78 is 5.63. The topological polar surface area (TPSA) is 61.0 Å². The maximum absolute atomic E-state index is 5.94. The van der Waals surface area contributed by atoms with E-state index in [4.69, 9.17) is 10.5 Å². The normalized spacial score (nSPS) is 19.3. The molecule has 2 heterocycles. The highest BCUT2D eigenvalue weighted by molar-refractivity contribution is 7.99. The Morgan fingerprint density at radius 3 is 2.94 bits per heavy atom. The molecule has 2 rings (SSSR count). The van der Waals surface area contributed by atoms with Gasteiger partial charge in [0.05, 0.1) is 6.10 Å². The molecule has 5 heteroatoms. The Morgan fingerprint density at radius 2 is 2.28 bits per heavy atom. The number of aromatic nitrogens is 2. The number of rotatable bonds is 5. The molecule has 18 heavy (non-hydrogen) atoms. The Hall–Kier alpha value is -0.810. The molecule has 1 atom stereocenters. The zero-order valence-electron chi connectivity index (χ0n) is 11.1. The molecule has 1 aliphatic heterocycles. The van der Waals surface area contributed by atoms with Crippen molar-refractivity contribution in [1.29, 1.82) is 0 Å². The molecule has 1 saturated heterocycles. The summed E-state index contributed by atoms with van der Waals surface area (Å²) in [6, 6.07) is 0. The number of nitrogens with zero attached hydrogens (tertiary/aromatic N) is 2. The molecule has 0 amide bonds. The van der Waals surface area contributed by atoms with Crippen molar-refractivity contribution in [3.05, 3.63) is 11.4 Å². The van der Waals surface area contributed by atoms with Crippen LogP contribution in [0, 0.1) is 6.92 Å². The van der Waals surface area contributed by atoms with Crippen molar-refractivity contribution in [3.63, 3.8) is 0 Å². The van der Waals surface area contributed by atoms with Gasteiger partial charge < -0.3 is 10.5 Å². The molecule has 1 aromatic heterocycles. The third-order valence-electron chi connectivity index (χ3n) is 3.09. The standard InChI is InChI=1S/C13H21N3OS/c1-3-5-11-15-12(14)9(2)13(16-11)18-8-10-6-4-7-17-10/h10H,3-8H2,1-2H3,(H2,14,15,16). The fraction of sp³-hybridized carbons (Fsp3) is 0.692.